The van der Waals surface area contributed by atoms with Gasteiger partial charge in [-0.3, -0.25) is 14.7 Å². The average Bonchev–Trinajstić information content (AvgIpc) is 2.28. The Balaban J connectivity index is 3.45. The van der Waals surface area contributed by atoms with Gasteiger partial charge in [0, 0.05) is 12.1 Å². The fraction of sp³-hybridized carbons (Fsp3) is 0.400. The van der Waals surface area contributed by atoms with Gasteiger partial charge in [0.25, 0.3) is 5.69 Å². The van der Waals surface area contributed by atoms with Gasteiger partial charge >= 0.3 is 0 Å². The van der Waals surface area contributed by atoms with Crippen molar-refractivity contribution in [3.05, 3.63) is 33.9 Å². The average molecular weight is 289 g/mol. The molecule has 0 unspecified atom stereocenters. The molecule has 0 atom stereocenters. The summed E-state index contributed by atoms with van der Waals surface area (Å²) in [5, 5.41) is 10.6. The van der Waals surface area contributed by atoms with Crippen molar-refractivity contribution in [1.29, 1.82) is 0 Å². The van der Waals surface area contributed by atoms with Crippen molar-refractivity contribution in [2.75, 3.05) is 0 Å². The van der Waals surface area contributed by atoms with Crippen LogP contribution in [-0.4, -0.2) is 17.8 Å². The van der Waals surface area contributed by atoms with E-state index in [0.29, 0.717) is 0 Å². The van der Waals surface area contributed by atoms with Crippen molar-refractivity contribution >= 4 is 24.0 Å². The molecular formula is C10H12NO5PS. The zero-order valence-corrected chi connectivity index (χ0v) is 11.8. The lowest BCUT2D eigenvalue weighted by atomic mass is 10.2. The van der Waals surface area contributed by atoms with Gasteiger partial charge in [-0.1, -0.05) is 0 Å². The van der Waals surface area contributed by atoms with E-state index in [1.165, 1.54) is 32.9 Å². The minimum atomic E-state index is -3.81. The predicted octanol–water partition coefficient (Wildman–Crippen LogP) is 2.70. The van der Waals surface area contributed by atoms with E-state index in [1.807, 2.05) is 0 Å². The van der Waals surface area contributed by atoms with Crippen molar-refractivity contribution in [3.63, 3.8) is 0 Å². The highest BCUT2D eigenvalue weighted by atomic mass is 32.2. The van der Waals surface area contributed by atoms with Crippen molar-refractivity contribution < 1.29 is 17.9 Å². The third-order valence-electron chi connectivity index (χ3n) is 2.54. The van der Waals surface area contributed by atoms with Gasteiger partial charge in [0.1, 0.15) is 0 Å². The van der Waals surface area contributed by atoms with Gasteiger partial charge in [-0.25, -0.2) is 8.42 Å². The number of hydrogen-bond acceptors (Lipinski definition) is 5. The molecule has 0 spiro atoms. The van der Waals surface area contributed by atoms with E-state index in [0.717, 1.165) is 6.07 Å². The van der Waals surface area contributed by atoms with Crippen LogP contribution in [0.1, 0.15) is 19.4 Å². The number of nitro benzene ring substituents is 1. The van der Waals surface area contributed by atoms with Crippen molar-refractivity contribution in [1.82, 2.24) is 0 Å². The van der Waals surface area contributed by atoms with E-state index in [1.54, 1.807) is 0 Å². The van der Waals surface area contributed by atoms with E-state index in [-0.39, 0.29) is 16.1 Å². The summed E-state index contributed by atoms with van der Waals surface area (Å²) in [7, 11) is -4.33. The molecule has 0 saturated carbocycles. The largest absolute Gasteiger partial charge is 0.273 e. The zero-order chi connectivity index (χ0) is 14.1. The van der Waals surface area contributed by atoms with Crippen LogP contribution in [0.2, 0.25) is 0 Å². The Bertz CT molecular complexity index is 609. The number of nitro groups is 1. The fourth-order valence-electron chi connectivity index (χ4n) is 1.37. The minimum absolute atomic E-state index is 0.0403. The smallest absolute Gasteiger partial charge is 0.269 e. The Morgan fingerprint density at radius 2 is 1.89 bits per heavy atom. The van der Waals surface area contributed by atoms with Crippen LogP contribution in [0.5, 0.6) is 0 Å². The molecule has 0 bridgehead atoms. The SMILES string of the molecule is Cc1cc([N+](=O)[O-])ccc1S(=O)(=O)C(C)(C)P=O. The molecule has 18 heavy (non-hydrogen) atoms. The van der Waals surface area contributed by atoms with E-state index >= 15 is 0 Å². The normalized spacial score (nSPS) is 12.6. The summed E-state index contributed by atoms with van der Waals surface area (Å²) in [5.41, 5.74) is 0.0878. The van der Waals surface area contributed by atoms with Gasteiger partial charge in [0.15, 0.2) is 22.8 Å². The van der Waals surface area contributed by atoms with Crippen molar-refractivity contribution in [2.45, 2.75) is 30.2 Å². The van der Waals surface area contributed by atoms with Gasteiger partial charge in [-0.2, -0.15) is 0 Å². The van der Waals surface area contributed by atoms with Crippen LogP contribution in [0.15, 0.2) is 23.1 Å². The molecule has 0 N–H and O–H groups in total. The number of sulfone groups is 1. The monoisotopic (exact) mass is 289 g/mol. The number of benzene rings is 1. The molecule has 6 nitrogen and oxygen atoms in total. The van der Waals surface area contributed by atoms with E-state index in [4.69, 9.17) is 0 Å². The first-order valence-electron chi connectivity index (χ1n) is 4.97. The van der Waals surface area contributed by atoms with Crippen molar-refractivity contribution in [3.8, 4) is 0 Å². The first kappa shape index (κ1) is 14.7. The highest BCUT2D eigenvalue weighted by Gasteiger charge is 2.38. The number of rotatable bonds is 4. The third-order valence-corrected chi connectivity index (χ3v) is 6.27. The first-order valence-corrected chi connectivity index (χ1v) is 7.27. The summed E-state index contributed by atoms with van der Waals surface area (Å²) in [6.07, 6.45) is 0. The number of aryl methyl sites for hydroxylation is 1. The predicted molar refractivity (Wildman–Crippen MR) is 66.7 cm³/mol. The summed E-state index contributed by atoms with van der Waals surface area (Å²) in [4.78, 5) is 9.93. The molecule has 8 heteroatoms. The molecule has 1 aromatic carbocycles. The Morgan fingerprint density at radius 1 is 1.33 bits per heavy atom. The maximum Gasteiger partial charge on any atom is 0.269 e. The molecular weight excluding hydrogens is 277 g/mol. The molecule has 0 aliphatic heterocycles. The summed E-state index contributed by atoms with van der Waals surface area (Å²) >= 11 is 0. The second-order valence-corrected chi connectivity index (χ2v) is 8.32. The lowest BCUT2D eigenvalue weighted by molar-refractivity contribution is -0.385. The molecule has 1 aromatic rings. The lowest BCUT2D eigenvalue weighted by Crippen LogP contribution is -2.26. The highest BCUT2D eigenvalue weighted by molar-refractivity contribution is 7.97. The second-order valence-electron chi connectivity index (χ2n) is 4.25. The van der Waals surface area contributed by atoms with Crippen LogP contribution in [0.4, 0.5) is 5.69 Å². The summed E-state index contributed by atoms with van der Waals surface area (Å²) in [6.45, 7) is 4.13. The Hall–Kier alpha value is -1.33. The van der Waals surface area contributed by atoms with E-state index < -0.39 is 27.7 Å². The molecule has 0 saturated heterocycles. The molecule has 0 radical (unpaired) electrons. The topological polar surface area (TPSA) is 94.3 Å². The van der Waals surface area contributed by atoms with Gasteiger partial charge in [0.05, 0.1) is 9.82 Å². The maximum absolute atomic E-state index is 12.2. The third kappa shape index (κ3) is 2.42. The van der Waals surface area contributed by atoms with Crippen LogP contribution in [-0.2, 0) is 14.4 Å². The van der Waals surface area contributed by atoms with Gasteiger partial charge < -0.3 is 0 Å². The second kappa shape index (κ2) is 4.74. The van der Waals surface area contributed by atoms with E-state index in [9.17, 15) is 23.1 Å². The van der Waals surface area contributed by atoms with Crippen LogP contribution < -0.4 is 0 Å². The molecule has 0 aliphatic carbocycles. The Kier molecular flexibility index (Phi) is 3.88. The fourth-order valence-corrected chi connectivity index (χ4v) is 3.32. The molecule has 98 valence electrons. The van der Waals surface area contributed by atoms with Gasteiger partial charge in [-0.15, -0.1) is 0 Å². The standard InChI is InChI=1S/C10H12NO5PS/c1-7-6-8(11(12)13)4-5-9(7)18(15,16)10(2,3)17-14/h4-6H,1-3H3. The maximum atomic E-state index is 12.2. The summed E-state index contributed by atoms with van der Waals surface area (Å²) < 4.78 is 33.9. The molecule has 1 rings (SSSR count). The number of hydrogen-bond donors (Lipinski definition) is 0. The lowest BCUT2D eigenvalue weighted by Gasteiger charge is -2.17. The number of non-ortho nitro benzene ring substituents is 1. The zero-order valence-electron chi connectivity index (χ0n) is 10.1. The Morgan fingerprint density at radius 3 is 2.28 bits per heavy atom. The quantitative estimate of drug-likeness (QED) is 0.482. The van der Waals surface area contributed by atoms with Crippen LogP contribution in [0.3, 0.4) is 0 Å². The molecule has 0 fully saturated rings. The summed E-state index contributed by atoms with van der Waals surface area (Å²) in [6, 6.07) is 3.48. The highest BCUT2D eigenvalue weighted by Crippen LogP contribution is 2.36. The van der Waals surface area contributed by atoms with Gasteiger partial charge in [-0.05, 0) is 32.4 Å². The molecule has 0 amide bonds. The Labute approximate surface area is 106 Å². The van der Waals surface area contributed by atoms with Crippen LogP contribution in [0, 0.1) is 17.0 Å². The molecule has 0 heterocycles. The molecule has 0 aromatic heterocycles. The minimum Gasteiger partial charge on any atom is -0.273 e. The van der Waals surface area contributed by atoms with E-state index in [2.05, 4.69) is 0 Å². The summed E-state index contributed by atoms with van der Waals surface area (Å²) in [5.74, 6) is 0. The first-order chi connectivity index (χ1) is 8.13. The van der Waals surface area contributed by atoms with Crippen LogP contribution in [0.25, 0.3) is 0 Å². The number of nitrogens with zero attached hydrogens (tertiary/aromatic N) is 1. The molecule has 0 aliphatic rings. The van der Waals surface area contributed by atoms with Gasteiger partial charge in [0.2, 0.25) is 0 Å². The van der Waals surface area contributed by atoms with Crippen molar-refractivity contribution in [2.24, 2.45) is 0 Å². The van der Waals surface area contributed by atoms with Crippen LogP contribution >= 0.6 is 8.46 Å².